The molecule has 7 heteroatoms. The van der Waals surface area contributed by atoms with Crippen molar-refractivity contribution in [1.29, 1.82) is 0 Å². The van der Waals surface area contributed by atoms with E-state index in [-0.39, 0.29) is 6.03 Å². The molecule has 0 aromatic carbocycles. The number of aryl methyl sites for hydroxylation is 1. The Morgan fingerprint density at radius 1 is 1.13 bits per heavy atom. The van der Waals surface area contributed by atoms with Crippen molar-refractivity contribution in [3.63, 3.8) is 0 Å². The van der Waals surface area contributed by atoms with Gasteiger partial charge in [-0.1, -0.05) is 0 Å². The lowest BCUT2D eigenvalue weighted by atomic mass is 9.96. The number of piperidine rings is 1. The molecule has 1 N–H and O–H groups in total. The number of nitrogens with one attached hydrogen (secondary N) is 1. The van der Waals surface area contributed by atoms with Crippen molar-refractivity contribution in [2.45, 2.75) is 38.1 Å². The first-order valence-corrected chi connectivity index (χ1v) is 8.19. The molecule has 0 saturated carbocycles. The molecule has 23 heavy (non-hydrogen) atoms. The van der Waals surface area contributed by atoms with Crippen molar-refractivity contribution in [2.75, 3.05) is 18.4 Å². The highest BCUT2D eigenvalue weighted by Crippen LogP contribution is 2.29. The first-order valence-electron chi connectivity index (χ1n) is 8.19. The summed E-state index contributed by atoms with van der Waals surface area (Å²) in [6.07, 6.45) is 7.45. The monoisotopic (exact) mass is 312 g/mol. The fourth-order valence-corrected chi connectivity index (χ4v) is 3.45. The average Bonchev–Trinajstić information content (AvgIpc) is 3.19. The van der Waals surface area contributed by atoms with E-state index in [4.69, 9.17) is 0 Å². The van der Waals surface area contributed by atoms with E-state index in [9.17, 15) is 4.79 Å². The van der Waals surface area contributed by atoms with E-state index in [1.807, 2.05) is 4.90 Å². The molecule has 1 fully saturated rings. The zero-order valence-corrected chi connectivity index (χ0v) is 13.0. The highest BCUT2D eigenvalue weighted by molar-refractivity contribution is 5.89. The van der Waals surface area contributed by atoms with E-state index >= 15 is 0 Å². The number of anilines is 1. The minimum Gasteiger partial charge on any atom is -0.324 e. The van der Waals surface area contributed by atoms with Crippen LogP contribution >= 0.6 is 0 Å². The quantitative estimate of drug-likeness (QED) is 0.920. The number of carbonyl (C=O) groups is 1. The fraction of sp³-hybridized carbons (Fsp3) is 0.500. The molecule has 2 aromatic heterocycles. The number of fused-ring (bicyclic) bond motifs is 1. The zero-order chi connectivity index (χ0) is 15.6. The third kappa shape index (κ3) is 2.78. The van der Waals surface area contributed by atoms with Crippen LogP contribution < -0.4 is 5.32 Å². The third-order valence-corrected chi connectivity index (χ3v) is 4.72. The maximum Gasteiger partial charge on any atom is 0.321 e. The molecular formula is C16H20N6O. The average molecular weight is 312 g/mol. The minimum absolute atomic E-state index is 0.0406. The van der Waals surface area contributed by atoms with Crippen molar-refractivity contribution >= 4 is 11.7 Å². The van der Waals surface area contributed by atoms with Gasteiger partial charge in [0.2, 0.25) is 0 Å². The first-order chi connectivity index (χ1) is 11.3. The Kier molecular flexibility index (Phi) is 3.69. The number of hydrogen-bond donors (Lipinski definition) is 1. The van der Waals surface area contributed by atoms with Crippen LogP contribution in [0.3, 0.4) is 0 Å². The summed E-state index contributed by atoms with van der Waals surface area (Å²) in [6.45, 7) is 2.55. The van der Waals surface area contributed by atoms with Crippen LogP contribution in [-0.4, -0.2) is 43.8 Å². The maximum atomic E-state index is 12.3. The van der Waals surface area contributed by atoms with Crippen molar-refractivity contribution in [1.82, 2.24) is 24.6 Å². The molecule has 1 saturated heterocycles. The Bertz CT molecular complexity index is 690. The molecule has 0 radical (unpaired) electrons. The molecule has 2 aromatic rings. The summed E-state index contributed by atoms with van der Waals surface area (Å²) in [5.41, 5.74) is 0.780. The molecule has 7 nitrogen and oxygen atoms in total. The SMILES string of the molecule is O=C(Nc1ccncc1)N1CCC(c2nnc3n2CCC3)CC1. The lowest BCUT2D eigenvalue weighted by molar-refractivity contribution is 0.193. The zero-order valence-electron chi connectivity index (χ0n) is 13.0. The molecule has 2 aliphatic heterocycles. The molecule has 120 valence electrons. The lowest BCUT2D eigenvalue weighted by Gasteiger charge is -2.31. The van der Waals surface area contributed by atoms with E-state index in [1.165, 1.54) is 6.42 Å². The number of hydrogen-bond acceptors (Lipinski definition) is 4. The first kappa shape index (κ1) is 14.2. The number of likely N-dealkylation sites (tertiary alicyclic amines) is 1. The van der Waals surface area contributed by atoms with E-state index in [2.05, 4.69) is 25.1 Å². The van der Waals surface area contributed by atoms with Crippen LogP contribution in [0.2, 0.25) is 0 Å². The van der Waals surface area contributed by atoms with E-state index in [0.29, 0.717) is 5.92 Å². The number of aromatic nitrogens is 4. The predicted molar refractivity (Wildman–Crippen MR) is 85.1 cm³/mol. The van der Waals surface area contributed by atoms with Crippen molar-refractivity contribution < 1.29 is 4.79 Å². The Morgan fingerprint density at radius 2 is 1.91 bits per heavy atom. The Balaban J connectivity index is 1.36. The second-order valence-corrected chi connectivity index (χ2v) is 6.16. The van der Waals surface area contributed by atoms with E-state index in [0.717, 1.165) is 56.2 Å². The van der Waals surface area contributed by atoms with Crippen molar-refractivity contribution in [3.8, 4) is 0 Å². The van der Waals surface area contributed by atoms with Crippen molar-refractivity contribution in [3.05, 3.63) is 36.2 Å². The second-order valence-electron chi connectivity index (χ2n) is 6.16. The number of pyridine rings is 1. The Labute approximate surface area is 134 Å². The maximum absolute atomic E-state index is 12.3. The molecular weight excluding hydrogens is 292 g/mol. The number of rotatable bonds is 2. The molecule has 0 unspecified atom stereocenters. The van der Waals surface area contributed by atoms with E-state index < -0.39 is 0 Å². The number of amides is 2. The van der Waals surface area contributed by atoms with Gasteiger partial charge in [0.25, 0.3) is 0 Å². The summed E-state index contributed by atoms with van der Waals surface area (Å²) in [5.74, 6) is 2.66. The van der Waals surface area contributed by atoms with Crippen LogP contribution in [0, 0.1) is 0 Å². The molecule has 0 spiro atoms. The smallest absolute Gasteiger partial charge is 0.321 e. The van der Waals surface area contributed by atoms with E-state index in [1.54, 1.807) is 24.5 Å². The highest BCUT2D eigenvalue weighted by Gasteiger charge is 2.29. The molecule has 2 amide bonds. The molecule has 4 heterocycles. The van der Waals surface area contributed by atoms with Gasteiger partial charge in [-0.2, -0.15) is 0 Å². The number of carbonyl (C=O) groups excluding carboxylic acids is 1. The van der Waals surface area contributed by atoms with Gasteiger partial charge in [0.05, 0.1) is 0 Å². The standard InChI is InChI=1S/C16H20N6O/c23-16(18-13-3-7-17-8-4-13)21-10-5-12(6-11-21)15-20-19-14-2-1-9-22(14)15/h3-4,7-8,12H,1-2,5-6,9-11H2,(H,17,18,23). The summed E-state index contributed by atoms with van der Waals surface area (Å²) >= 11 is 0. The normalized spacial score (nSPS) is 18.0. The third-order valence-electron chi connectivity index (χ3n) is 4.72. The van der Waals surface area contributed by atoms with Crippen LogP contribution in [0.5, 0.6) is 0 Å². The van der Waals surface area contributed by atoms with Crippen LogP contribution in [0.4, 0.5) is 10.5 Å². The topological polar surface area (TPSA) is 75.9 Å². The summed E-state index contributed by atoms with van der Waals surface area (Å²) < 4.78 is 2.28. The van der Waals surface area contributed by atoms with Crippen LogP contribution in [0.1, 0.15) is 36.8 Å². The van der Waals surface area contributed by atoms with Crippen LogP contribution in [0.25, 0.3) is 0 Å². The van der Waals surface area contributed by atoms with Gasteiger partial charge in [-0.05, 0) is 31.4 Å². The Morgan fingerprint density at radius 3 is 2.70 bits per heavy atom. The largest absolute Gasteiger partial charge is 0.324 e. The van der Waals surface area contributed by atoms with Gasteiger partial charge in [0.1, 0.15) is 11.6 Å². The summed E-state index contributed by atoms with van der Waals surface area (Å²) in [6, 6.07) is 3.55. The highest BCUT2D eigenvalue weighted by atomic mass is 16.2. The van der Waals surface area contributed by atoms with Crippen LogP contribution in [-0.2, 0) is 13.0 Å². The molecule has 2 aliphatic rings. The van der Waals surface area contributed by atoms with Gasteiger partial charge in [-0.15, -0.1) is 10.2 Å². The summed E-state index contributed by atoms with van der Waals surface area (Å²) in [4.78, 5) is 18.1. The van der Waals surface area contributed by atoms with Gasteiger partial charge < -0.3 is 14.8 Å². The Hall–Kier alpha value is -2.44. The van der Waals surface area contributed by atoms with Gasteiger partial charge in [-0.3, -0.25) is 4.98 Å². The van der Waals surface area contributed by atoms with Crippen LogP contribution in [0.15, 0.2) is 24.5 Å². The molecule has 0 bridgehead atoms. The van der Waals surface area contributed by atoms with Crippen molar-refractivity contribution in [2.24, 2.45) is 0 Å². The molecule has 0 atom stereocenters. The number of urea groups is 1. The second kappa shape index (κ2) is 5.98. The van der Waals surface area contributed by atoms with Gasteiger partial charge in [-0.25, -0.2) is 4.79 Å². The summed E-state index contributed by atoms with van der Waals surface area (Å²) in [5, 5.41) is 11.6. The molecule has 4 rings (SSSR count). The van der Waals surface area contributed by atoms with Gasteiger partial charge in [0.15, 0.2) is 0 Å². The minimum atomic E-state index is -0.0406. The predicted octanol–water partition coefficient (Wildman–Crippen LogP) is 2.03. The van der Waals surface area contributed by atoms with Gasteiger partial charge >= 0.3 is 6.03 Å². The lowest BCUT2D eigenvalue weighted by Crippen LogP contribution is -2.40. The summed E-state index contributed by atoms with van der Waals surface area (Å²) in [7, 11) is 0. The fourth-order valence-electron chi connectivity index (χ4n) is 3.45. The van der Waals surface area contributed by atoms with Gasteiger partial charge in [0, 0.05) is 50.1 Å². The number of nitrogens with zero attached hydrogens (tertiary/aromatic N) is 5. The molecule has 0 aliphatic carbocycles.